The number of nitrogens with one attached hydrogen (secondary N) is 1. The highest BCUT2D eigenvalue weighted by molar-refractivity contribution is 6.08. The van der Waals surface area contributed by atoms with Crippen LogP contribution < -0.4 is 15.0 Å². The summed E-state index contributed by atoms with van der Waals surface area (Å²) in [5, 5.41) is 12.6. The van der Waals surface area contributed by atoms with Crippen molar-refractivity contribution in [3.05, 3.63) is 48.0 Å². The summed E-state index contributed by atoms with van der Waals surface area (Å²) in [6, 6.07) is 12.1. The zero-order chi connectivity index (χ0) is 15.4. The molecule has 0 saturated carbocycles. The maximum Gasteiger partial charge on any atom is 0.263 e. The van der Waals surface area contributed by atoms with Gasteiger partial charge in [0.1, 0.15) is 17.1 Å². The number of carbonyl (C=O) groups is 1. The van der Waals surface area contributed by atoms with Gasteiger partial charge < -0.3 is 20.1 Å². The highest BCUT2D eigenvalue weighted by atomic mass is 16.5. The number of amides is 1. The summed E-state index contributed by atoms with van der Waals surface area (Å²) < 4.78 is 5.11. The first-order valence-corrected chi connectivity index (χ1v) is 6.47. The second-order valence-corrected chi connectivity index (χ2v) is 4.75. The van der Waals surface area contributed by atoms with E-state index in [-0.39, 0.29) is 11.3 Å². The third-order valence-electron chi connectivity index (χ3n) is 3.09. The lowest BCUT2D eigenvalue weighted by Crippen LogP contribution is -2.14. The lowest BCUT2D eigenvalue weighted by atomic mass is 10.1. The Bertz CT molecular complexity index is 636. The Morgan fingerprint density at radius 2 is 1.81 bits per heavy atom. The molecule has 2 rings (SSSR count). The number of nitrogens with zero attached hydrogens (tertiary/aromatic N) is 1. The predicted octanol–water partition coefficient (Wildman–Crippen LogP) is 2.72. The van der Waals surface area contributed by atoms with Gasteiger partial charge in [-0.25, -0.2) is 0 Å². The molecule has 0 unspecified atom stereocenters. The molecule has 0 atom stereocenters. The number of aromatic hydroxyl groups is 1. The quantitative estimate of drug-likeness (QED) is 0.907. The fraction of sp³-hybridized carbons (Fsp3) is 0.188. The molecule has 0 fully saturated rings. The molecule has 0 aliphatic heterocycles. The van der Waals surface area contributed by atoms with E-state index >= 15 is 0 Å². The van der Waals surface area contributed by atoms with E-state index in [9.17, 15) is 9.90 Å². The van der Waals surface area contributed by atoms with Crippen molar-refractivity contribution < 1.29 is 14.6 Å². The number of benzene rings is 2. The largest absolute Gasteiger partial charge is 0.507 e. The zero-order valence-electron chi connectivity index (χ0n) is 12.3. The van der Waals surface area contributed by atoms with E-state index in [1.807, 2.05) is 31.1 Å². The third kappa shape index (κ3) is 3.25. The molecular weight excluding hydrogens is 268 g/mol. The third-order valence-corrected chi connectivity index (χ3v) is 3.09. The SMILES string of the molecule is COc1cccc(O)c1C(=O)Nc1ccc(N(C)C)cc1. The summed E-state index contributed by atoms with van der Waals surface area (Å²) in [6.45, 7) is 0. The lowest BCUT2D eigenvalue weighted by Gasteiger charge is -2.14. The molecule has 0 radical (unpaired) electrons. The van der Waals surface area contributed by atoms with Gasteiger partial charge in [0, 0.05) is 25.5 Å². The number of phenolic OH excluding ortho intramolecular Hbond substituents is 1. The maximum absolute atomic E-state index is 12.3. The molecule has 1 amide bonds. The van der Waals surface area contributed by atoms with Crippen molar-refractivity contribution in [1.82, 2.24) is 0 Å². The van der Waals surface area contributed by atoms with Crippen LogP contribution in [0.4, 0.5) is 11.4 Å². The molecule has 5 heteroatoms. The average Bonchev–Trinajstić information content (AvgIpc) is 2.47. The molecule has 110 valence electrons. The molecule has 21 heavy (non-hydrogen) atoms. The molecule has 0 aliphatic rings. The van der Waals surface area contributed by atoms with Crippen molar-refractivity contribution in [3.63, 3.8) is 0 Å². The Balaban J connectivity index is 2.22. The minimum Gasteiger partial charge on any atom is -0.507 e. The molecule has 2 aromatic carbocycles. The van der Waals surface area contributed by atoms with Crippen molar-refractivity contribution in [2.45, 2.75) is 0 Å². The van der Waals surface area contributed by atoms with E-state index in [0.29, 0.717) is 11.4 Å². The van der Waals surface area contributed by atoms with E-state index in [4.69, 9.17) is 4.74 Å². The van der Waals surface area contributed by atoms with Gasteiger partial charge in [0.15, 0.2) is 0 Å². The molecule has 5 nitrogen and oxygen atoms in total. The van der Waals surface area contributed by atoms with Gasteiger partial charge in [-0.1, -0.05) is 6.07 Å². The van der Waals surface area contributed by atoms with Crippen LogP contribution in [0, 0.1) is 0 Å². The van der Waals surface area contributed by atoms with Gasteiger partial charge in [0.25, 0.3) is 5.91 Å². The van der Waals surface area contributed by atoms with Crippen LogP contribution in [0.5, 0.6) is 11.5 Å². The number of phenols is 1. The summed E-state index contributed by atoms with van der Waals surface area (Å²) in [4.78, 5) is 14.2. The van der Waals surface area contributed by atoms with Crippen LogP contribution in [0.1, 0.15) is 10.4 Å². The number of anilines is 2. The second kappa shape index (κ2) is 6.17. The van der Waals surface area contributed by atoms with E-state index in [2.05, 4.69) is 5.32 Å². The van der Waals surface area contributed by atoms with Crippen LogP contribution in [0.3, 0.4) is 0 Å². The van der Waals surface area contributed by atoms with Gasteiger partial charge in [-0.05, 0) is 36.4 Å². The Labute approximate surface area is 123 Å². The standard InChI is InChI=1S/C16H18N2O3/c1-18(2)12-9-7-11(8-10-12)17-16(20)15-13(19)5-4-6-14(15)21-3/h4-10,19H,1-3H3,(H,17,20). The van der Waals surface area contributed by atoms with E-state index in [1.54, 1.807) is 24.3 Å². The summed E-state index contributed by atoms with van der Waals surface area (Å²) in [5.74, 6) is -0.197. The van der Waals surface area contributed by atoms with Gasteiger partial charge in [-0.2, -0.15) is 0 Å². The summed E-state index contributed by atoms with van der Waals surface area (Å²) in [5.41, 5.74) is 1.81. The molecule has 0 bridgehead atoms. The molecule has 0 heterocycles. The summed E-state index contributed by atoms with van der Waals surface area (Å²) in [7, 11) is 5.35. The fourth-order valence-corrected chi connectivity index (χ4v) is 1.95. The average molecular weight is 286 g/mol. The van der Waals surface area contributed by atoms with Crippen molar-refractivity contribution in [3.8, 4) is 11.5 Å². The van der Waals surface area contributed by atoms with Crippen molar-refractivity contribution >= 4 is 17.3 Å². The molecule has 0 saturated heterocycles. The Morgan fingerprint density at radius 1 is 1.14 bits per heavy atom. The first-order chi connectivity index (χ1) is 10.0. The minimum atomic E-state index is -0.414. The van der Waals surface area contributed by atoms with Crippen LogP contribution in [0.15, 0.2) is 42.5 Å². The van der Waals surface area contributed by atoms with Gasteiger partial charge in [-0.15, -0.1) is 0 Å². The second-order valence-electron chi connectivity index (χ2n) is 4.75. The molecule has 2 aromatic rings. The van der Waals surface area contributed by atoms with Crippen LogP contribution in [-0.2, 0) is 0 Å². The van der Waals surface area contributed by atoms with Crippen molar-refractivity contribution in [2.24, 2.45) is 0 Å². The number of methoxy groups -OCH3 is 1. The van der Waals surface area contributed by atoms with Gasteiger partial charge >= 0.3 is 0 Å². The van der Waals surface area contributed by atoms with Crippen LogP contribution in [-0.4, -0.2) is 32.2 Å². The molecule has 2 N–H and O–H groups in total. The Kier molecular flexibility index (Phi) is 4.33. The number of ether oxygens (including phenoxy) is 1. The van der Waals surface area contributed by atoms with Crippen LogP contribution in [0.2, 0.25) is 0 Å². The number of carbonyl (C=O) groups excluding carboxylic acids is 1. The number of rotatable bonds is 4. The first-order valence-electron chi connectivity index (χ1n) is 6.47. The van der Waals surface area contributed by atoms with Gasteiger partial charge in [-0.3, -0.25) is 4.79 Å². The molecule has 0 aromatic heterocycles. The Morgan fingerprint density at radius 3 is 2.38 bits per heavy atom. The first kappa shape index (κ1) is 14.7. The maximum atomic E-state index is 12.3. The van der Waals surface area contributed by atoms with Crippen molar-refractivity contribution in [1.29, 1.82) is 0 Å². The number of hydrogen-bond acceptors (Lipinski definition) is 4. The highest BCUT2D eigenvalue weighted by Gasteiger charge is 2.17. The van der Waals surface area contributed by atoms with Gasteiger partial charge in [0.05, 0.1) is 7.11 Å². The molecule has 0 aliphatic carbocycles. The normalized spacial score (nSPS) is 10.0. The van der Waals surface area contributed by atoms with E-state index in [1.165, 1.54) is 13.2 Å². The smallest absolute Gasteiger partial charge is 0.263 e. The highest BCUT2D eigenvalue weighted by Crippen LogP contribution is 2.28. The topological polar surface area (TPSA) is 61.8 Å². The minimum absolute atomic E-state index is 0.114. The molecule has 0 spiro atoms. The Hall–Kier alpha value is -2.69. The van der Waals surface area contributed by atoms with Gasteiger partial charge in [0.2, 0.25) is 0 Å². The summed E-state index contributed by atoms with van der Waals surface area (Å²) in [6.07, 6.45) is 0. The van der Waals surface area contributed by atoms with Crippen molar-refractivity contribution in [2.75, 3.05) is 31.4 Å². The van der Waals surface area contributed by atoms with Crippen LogP contribution in [0.25, 0.3) is 0 Å². The van der Waals surface area contributed by atoms with E-state index < -0.39 is 5.91 Å². The fourth-order valence-electron chi connectivity index (χ4n) is 1.95. The predicted molar refractivity (Wildman–Crippen MR) is 83.4 cm³/mol. The lowest BCUT2D eigenvalue weighted by molar-refractivity contribution is 0.102. The monoisotopic (exact) mass is 286 g/mol. The molecular formula is C16H18N2O3. The summed E-state index contributed by atoms with van der Waals surface area (Å²) >= 11 is 0. The van der Waals surface area contributed by atoms with E-state index in [0.717, 1.165) is 5.69 Å². The van der Waals surface area contributed by atoms with Crippen LogP contribution >= 0.6 is 0 Å². The number of hydrogen-bond donors (Lipinski definition) is 2. The zero-order valence-corrected chi connectivity index (χ0v) is 12.3.